The molecular weight excluding hydrogens is 322 g/mol. The van der Waals surface area contributed by atoms with Crippen LogP contribution in [0.3, 0.4) is 0 Å². The highest BCUT2D eigenvalue weighted by molar-refractivity contribution is 7.88. The first-order valence-corrected chi connectivity index (χ1v) is 8.77. The Kier molecular flexibility index (Phi) is 5.77. The van der Waals surface area contributed by atoms with Gasteiger partial charge in [-0.1, -0.05) is 5.16 Å². The number of rotatable bonds is 8. The van der Waals surface area contributed by atoms with Gasteiger partial charge in [-0.25, -0.2) is 13.1 Å². The Hall–Kier alpha value is -2.33. The van der Waals surface area contributed by atoms with Crippen LogP contribution < -0.4 is 10.0 Å². The van der Waals surface area contributed by atoms with Crippen LogP contribution in [-0.2, 0) is 21.2 Å². The van der Waals surface area contributed by atoms with Gasteiger partial charge in [0.1, 0.15) is 0 Å². The maximum Gasteiger partial charge on any atom is 0.228 e. The number of carbonyl (C=O) groups excluding carboxylic acids is 1. The van der Waals surface area contributed by atoms with Crippen molar-refractivity contribution in [1.29, 1.82) is 0 Å². The minimum absolute atomic E-state index is 0.0659. The lowest BCUT2D eigenvalue weighted by Crippen LogP contribution is -2.31. The van der Waals surface area contributed by atoms with Crippen molar-refractivity contribution in [2.75, 3.05) is 19.3 Å². The van der Waals surface area contributed by atoms with E-state index < -0.39 is 10.0 Å². The normalized spacial score (nSPS) is 11.3. The molecule has 2 aromatic rings. The average Bonchev–Trinajstić information content (AvgIpc) is 2.96. The van der Waals surface area contributed by atoms with E-state index in [4.69, 9.17) is 4.52 Å². The molecule has 0 aromatic carbocycles. The molecule has 0 aliphatic rings. The zero-order chi connectivity index (χ0) is 16.7. The van der Waals surface area contributed by atoms with Gasteiger partial charge in [0.05, 0.1) is 6.26 Å². The second-order valence-corrected chi connectivity index (χ2v) is 6.60. The topological polar surface area (TPSA) is 127 Å². The van der Waals surface area contributed by atoms with E-state index >= 15 is 0 Å². The van der Waals surface area contributed by atoms with Gasteiger partial charge in [-0.3, -0.25) is 9.78 Å². The second-order valence-electron chi connectivity index (χ2n) is 4.77. The van der Waals surface area contributed by atoms with Crippen molar-refractivity contribution in [3.05, 3.63) is 30.4 Å². The van der Waals surface area contributed by atoms with Crippen LogP contribution in [-0.4, -0.2) is 48.8 Å². The molecular formula is C13H17N5O4S. The highest BCUT2D eigenvalue weighted by atomic mass is 32.2. The first-order chi connectivity index (χ1) is 10.9. The second kappa shape index (κ2) is 7.79. The molecule has 2 heterocycles. The summed E-state index contributed by atoms with van der Waals surface area (Å²) in [4.78, 5) is 19.7. The molecule has 10 heteroatoms. The Morgan fingerprint density at radius 3 is 2.87 bits per heavy atom. The van der Waals surface area contributed by atoms with Gasteiger partial charge >= 0.3 is 0 Å². The van der Waals surface area contributed by atoms with Gasteiger partial charge in [-0.15, -0.1) is 0 Å². The van der Waals surface area contributed by atoms with Crippen LogP contribution in [0.2, 0.25) is 0 Å². The largest absolute Gasteiger partial charge is 0.356 e. The summed E-state index contributed by atoms with van der Waals surface area (Å²) in [7, 11) is -3.28. The standard InChI is InChI=1S/C13H17N5O4S/c1-23(20,21)16-8-4-11(19)15-7-5-12-17-13(18-22-12)10-3-2-6-14-9-10/h2-3,6,9,16H,4-5,7-8H2,1H3,(H,15,19). The van der Waals surface area contributed by atoms with Gasteiger partial charge in [-0.05, 0) is 12.1 Å². The Morgan fingerprint density at radius 2 is 2.17 bits per heavy atom. The summed E-state index contributed by atoms with van der Waals surface area (Å²) in [6.45, 7) is 0.392. The van der Waals surface area contributed by atoms with Crippen molar-refractivity contribution in [3.8, 4) is 11.4 Å². The Labute approximate surface area is 133 Å². The van der Waals surface area contributed by atoms with Gasteiger partial charge in [0.25, 0.3) is 0 Å². The van der Waals surface area contributed by atoms with Crippen LogP contribution in [0.25, 0.3) is 11.4 Å². The number of hydrogen-bond acceptors (Lipinski definition) is 7. The Bertz CT molecular complexity index is 745. The van der Waals surface area contributed by atoms with Crippen molar-refractivity contribution in [2.45, 2.75) is 12.8 Å². The summed E-state index contributed by atoms with van der Waals surface area (Å²) in [5, 5.41) is 6.50. The lowest BCUT2D eigenvalue weighted by molar-refractivity contribution is -0.120. The monoisotopic (exact) mass is 339 g/mol. The smallest absolute Gasteiger partial charge is 0.228 e. The number of pyridine rings is 1. The van der Waals surface area contributed by atoms with Crippen molar-refractivity contribution >= 4 is 15.9 Å². The van der Waals surface area contributed by atoms with Crippen molar-refractivity contribution in [3.63, 3.8) is 0 Å². The minimum Gasteiger partial charge on any atom is -0.356 e. The molecule has 0 aliphatic heterocycles. The van der Waals surface area contributed by atoms with Gasteiger partial charge in [0.15, 0.2) is 0 Å². The number of hydrogen-bond donors (Lipinski definition) is 2. The predicted molar refractivity (Wildman–Crippen MR) is 81.7 cm³/mol. The summed E-state index contributed by atoms with van der Waals surface area (Å²) in [6.07, 6.45) is 4.78. The van der Waals surface area contributed by atoms with E-state index in [9.17, 15) is 13.2 Å². The molecule has 9 nitrogen and oxygen atoms in total. The van der Waals surface area contributed by atoms with Crippen LogP contribution in [0.4, 0.5) is 0 Å². The summed E-state index contributed by atoms with van der Waals surface area (Å²) in [6, 6.07) is 3.59. The summed E-state index contributed by atoms with van der Waals surface area (Å²) in [5.41, 5.74) is 0.749. The molecule has 0 radical (unpaired) electrons. The van der Waals surface area contributed by atoms with Crippen molar-refractivity contribution < 1.29 is 17.7 Å². The number of nitrogens with zero attached hydrogens (tertiary/aromatic N) is 3. The highest BCUT2D eigenvalue weighted by Gasteiger charge is 2.09. The molecule has 124 valence electrons. The maximum atomic E-state index is 11.5. The van der Waals surface area contributed by atoms with Gasteiger partial charge < -0.3 is 9.84 Å². The molecule has 0 atom stereocenters. The first-order valence-electron chi connectivity index (χ1n) is 6.88. The van der Waals surface area contributed by atoms with E-state index in [2.05, 4.69) is 25.2 Å². The average molecular weight is 339 g/mol. The van der Waals surface area contributed by atoms with Gasteiger partial charge in [0.2, 0.25) is 27.6 Å². The van der Waals surface area contributed by atoms with Crippen LogP contribution in [0.5, 0.6) is 0 Å². The fourth-order valence-electron chi connectivity index (χ4n) is 1.72. The molecule has 23 heavy (non-hydrogen) atoms. The Morgan fingerprint density at radius 1 is 1.35 bits per heavy atom. The van der Waals surface area contributed by atoms with Crippen LogP contribution in [0.1, 0.15) is 12.3 Å². The quantitative estimate of drug-likeness (QED) is 0.677. The summed E-state index contributed by atoms with van der Waals surface area (Å²) >= 11 is 0. The third-order valence-electron chi connectivity index (χ3n) is 2.77. The van der Waals surface area contributed by atoms with Gasteiger partial charge in [-0.2, -0.15) is 4.98 Å². The molecule has 0 bridgehead atoms. The molecule has 2 aromatic heterocycles. The first kappa shape index (κ1) is 17.0. The Balaban J connectivity index is 1.72. The molecule has 0 fully saturated rings. The lowest BCUT2D eigenvalue weighted by Gasteiger charge is -2.03. The maximum absolute atomic E-state index is 11.5. The number of sulfonamides is 1. The van der Waals surface area contributed by atoms with E-state index in [0.29, 0.717) is 24.7 Å². The zero-order valence-electron chi connectivity index (χ0n) is 12.5. The van der Waals surface area contributed by atoms with Crippen molar-refractivity contribution in [2.24, 2.45) is 0 Å². The SMILES string of the molecule is CS(=O)(=O)NCCC(=O)NCCc1nc(-c2cccnc2)no1. The molecule has 2 N–H and O–H groups in total. The van der Waals surface area contributed by atoms with E-state index in [0.717, 1.165) is 11.8 Å². The minimum atomic E-state index is -3.28. The molecule has 0 unspecified atom stereocenters. The van der Waals surface area contributed by atoms with Crippen LogP contribution in [0, 0.1) is 0 Å². The fraction of sp³-hybridized carbons (Fsp3) is 0.385. The summed E-state index contributed by atoms with van der Waals surface area (Å²) in [5.74, 6) is 0.586. The highest BCUT2D eigenvalue weighted by Crippen LogP contribution is 2.13. The molecule has 1 amide bonds. The van der Waals surface area contributed by atoms with E-state index in [1.165, 1.54) is 0 Å². The van der Waals surface area contributed by atoms with E-state index in [-0.39, 0.29) is 18.9 Å². The van der Waals surface area contributed by atoms with Gasteiger partial charge in [0, 0.05) is 43.9 Å². The molecule has 0 aliphatic carbocycles. The summed E-state index contributed by atoms with van der Waals surface area (Å²) < 4.78 is 29.1. The zero-order valence-corrected chi connectivity index (χ0v) is 13.3. The van der Waals surface area contributed by atoms with E-state index in [1.54, 1.807) is 18.5 Å². The van der Waals surface area contributed by atoms with E-state index in [1.807, 2.05) is 6.07 Å². The number of aromatic nitrogens is 3. The lowest BCUT2D eigenvalue weighted by atomic mass is 10.3. The molecule has 0 saturated carbocycles. The van der Waals surface area contributed by atoms with Crippen LogP contribution in [0.15, 0.2) is 29.0 Å². The van der Waals surface area contributed by atoms with Crippen LogP contribution >= 0.6 is 0 Å². The third kappa shape index (κ3) is 6.12. The molecule has 0 saturated heterocycles. The third-order valence-corrected chi connectivity index (χ3v) is 3.49. The predicted octanol–water partition coefficient (Wildman–Crippen LogP) is -0.270. The van der Waals surface area contributed by atoms with Crippen molar-refractivity contribution in [1.82, 2.24) is 25.2 Å². The fourth-order valence-corrected chi connectivity index (χ4v) is 2.19. The molecule has 0 spiro atoms. The number of nitrogens with one attached hydrogen (secondary N) is 2. The number of amides is 1. The number of carbonyl (C=O) groups is 1. The molecule has 2 rings (SSSR count).